The van der Waals surface area contributed by atoms with Crippen LogP contribution in [0.25, 0.3) is 11.0 Å². The molecule has 0 saturated carbocycles. The number of para-hydroxylation sites is 2. The van der Waals surface area contributed by atoms with Crippen molar-refractivity contribution < 1.29 is 14.5 Å². The lowest BCUT2D eigenvalue weighted by atomic mass is 10.1. The maximum absolute atomic E-state index is 12.7. The molecule has 0 unspecified atom stereocenters. The van der Waals surface area contributed by atoms with E-state index < -0.39 is 10.8 Å². The average Bonchev–Trinajstić information content (AvgIpc) is 3.16. The van der Waals surface area contributed by atoms with E-state index in [9.17, 15) is 19.7 Å². The van der Waals surface area contributed by atoms with E-state index in [1.54, 1.807) is 17.0 Å². The number of benzene rings is 2. The molecule has 1 N–H and O–H groups in total. The standard InChI is InChI=1S/C20H20N6O4/c1-14(27)23-8-10-24(11-9-23)18-7-6-15(12-19(18)26(29)30)20(28)22-25-13-21-16-4-2-3-5-17(16)25/h2-7,12-13H,8-11H2,1H3,(H,22,28). The summed E-state index contributed by atoms with van der Waals surface area (Å²) < 4.78 is 1.48. The van der Waals surface area contributed by atoms with Crippen molar-refractivity contribution in [3.8, 4) is 0 Å². The third-order valence-corrected chi connectivity index (χ3v) is 5.18. The van der Waals surface area contributed by atoms with E-state index in [0.717, 1.165) is 11.0 Å². The number of nitrogens with zero attached hydrogens (tertiary/aromatic N) is 5. The van der Waals surface area contributed by atoms with E-state index in [1.807, 2.05) is 29.2 Å². The van der Waals surface area contributed by atoms with Crippen LogP contribution in [0.15, 0.2) is 48.8 Å². The van der Waals surface area contributed by atoms with E-state index >= 15 is 0 Å². The second-order valence-electron chi connectivity index (χ2n) is 7.00. The fourth-order valence-electron chi connectivity index (χ4n) is 3.56. The molecule has 2 aromatic carbocycles. The summed E-state index contributed by atoms with van der Waals surface area (Å²) in [6, 6.07) is 11.7. The van der Waals surface area contributed by atoms with Crippen molar-refractivity contribution in [2.24, 2.45) is 0 Å². The van der Waals surface area contributed by atoms with Gasteiger partial charge in [-0.25, -0.2) is 9.66 Å². The molecule has 0 radical (unpaired) electrons. The molecule has 2 heterocycles. The molecule has 1 aromatic heterocycles. The van der Waals surface area contributed by atoms with Crippen LogP contribution in [0, 0.1) is 10.1 Å². The van der Waals surface area contributed by atoms with Crippen LogP contribution in [-0.4, -0.2) is 57.5 Å². The zero-order chi connectivity index (χ0) is 21.3. The molecular formula is C20H20N6O4. The summed E-state index contributed by atoms with van der Waals surface area (Å²) in [4.78, 5) is 43.2. The minimum atomic E-state index is -0.490. The number of nitro groups is 1. The number of fused-ring (bicyclic) bond motifs is 1. The predicted molar refractivity (Wildman–Crippen MR) is 111 cm³/mol. The number of piperazine rings is 1. The predicted octanol–water partition coefficient (Wildman–Crippen LogP) is 2.00. The fourth-order valence-corrected chi connectivity index (χ4v) is 3.56. The molecule has 154 valence electrons. The molecule has 0 spiro atoms. The molecule has 4 rings (SSSR count). The molecule has 2 amide bonds. The highest BCUT2D eigenvalue weighted by atomic mass is 16.6. The number of hydrogen-bond acceptors (Lipinski definition) is 6. The Balaban J connectivity index is 1.56. The topological polar surface area (TPSA) is 114 Å². The smallest absolute Gasteiger partial charge is 0.293 e. The van der Waals surface area contributed by atoms with E-state index in [1.165, 1.54) is 24.0 Å². The first-order valence-electron chi connectivity index (χ1n) is 9.46. The molecule has 10 heteroatoms. The van der Waals surface area contributed by atoms with Crippen molar-refractivity contribution in [2.45, 2.75) is 6.92 Å². The van der Waals surface area contributed by atoms with Crippen LogP contribution in [-0.2, 0) is 4.79 Å². The summed E-state index contributed by atoms with van der Waals surface area (Å²) >= 11 is 0. The van der Waals surface area contributed by atoms with E-state index in [-0.39, 0.29) is 17.2 Å². The number of anilines is 1. The van der Waals surface area contributed by atoms with Crippen LogP contribution in [0.5, 0.6) is 0 Å². The molecular weight excluding hydrogens is 388 g/mol. The van der Waals surface area contributed by atoms with Crippen molar-refractivity contribution in [3.05, 3.63) is 64.5 Å². The minimum Gasteiger partial charge on any atom is -0.362 e. The quantitative estimate of drug-likeness (QED) is 0.522. The highest BCUT2D eigenvalue weighted by molar-refractivity contribution is 6.01. The first-order valence-corrected chi connectivity index (χ1v) is 9.46. The first kappa shape index (κ1) is 19.4. The highest BCUT2D eigenvalue weighted by Crippen LogP contribution is 2.30. The number of imidazole rings is 1. The Morgan fingerprint density at radius 3 is 2.53 bits per heavy atom. The Morgan fingerprint density at radius 1 is 1.10 bits per heavy atom. The number of nitro benzene ring substituents is 1. The fraction of sp³-hybridized carbons (Fsp3) is 0.250. The lowest BCUT2D eigenvalue weighted by Crippen LogP contribution is -2.48. The molecule has 30 heavy (non-hydrogen) atoms. The summed E-state index contributed by atoms with van der Waals surface area (Å²) in [5.74, 6) is -0.489. The van der Waals surface area contributed by atoms with Gasteiger partial charge in [-0.2, -0.15) is 0 Å². The average molecular weight is 408 g/mol. The summed E-state index contributed by atoms with van der Waals surface area (Å²) in [5.41, 5.74) is 4.61. The second kappa shape index (κ2) is 7.82. The van der Waals surface area contributed by atoms with E-state index in [2.05, 4.69) is 10.4 Å². The number of hydrogen-bond donors (Lipinski definition) is 1. The SMILES string of the molecule is CC(=O)N1CCN(c2ccc(C(=O)Nn3cnc4ccccc43)cc2[N+](=O)[O-])CC1. The number of aromatic nitrogens is 2. The van der Waals surface area contributed by atoms with Gasteiger partial charge in [0.1, 0.15) is 12.0 Å². The van der Waals surface area contributed by atoms with Gasteiger partial charge in [-0.05, 0) is 24.3 Å². The van der Waals surface area contributed by atoms with Crippen LogP contribution >= 0.6 is 0 Å². The Bertz CT molecular complexity index is 1130. The van der Waals surface area contributed by atoms with Crippen LogP contribution in [0.4, 0.5) is 11.4 Å². The zero-order valence-corrected chi connectivity index (χ0v) is 16.3. The van der Waals surface area contributed by atoms with Gasteiger partial charge in [0.2, 0.25) is 5.91 Å². The lowest BCUT2D eigenvalue weighted by Gasteiger charge is -2.35. The Hall–Kier alpha value is -3.95. The van der Waals surface area contributed by atoms with E-state index in [4.69, 9.17) is 0 Å². The first-order chi connectivity index (χ1) is 14.4. The van der Waals surface area contributed by atoms with Gasteiger partial charge >= 0.3 is 0 Å². The third kappa shape index (κ3) is 3.66. The third-order valence-electron chi connectivity index (χ3n) is 5.18. The maximum Gasteiger partial charge on any atom is 0.293 e. The molecule has 1 fully saturated rings. The Kier molecular flexibility index (Phi) is 5.05. The Labute approximate surface area is 171 Å². The summed E-state index contributed by atoms with van der Waals surface area (Å²) in [5, 5.41) is 11.7. The van der Waals surface area contributed by atoms with Crippen molar-refractivity contribution in [3.63, 3.8) is 0 Å². The maximum atomic E-state index is 12.7. The van der Waals surface area contributed by atoms with Crippen molar-refractivity contribution in [1.29, 1.82) is 0 Å². The van der Waals surface area contributed by atoms with Crippen LogP contribution in [0.3, 0.4) is 0 Å². The monoisotopic (exact) mass is 408 g/mol. The van der Waals surface area contributed by atoms with Crippen molar-refractivity contribution in [1.82, 2.24) is 14.6 Å². The number of carbonyl (C=O) groups excluding carboxylic acids is 2. The molecule has 10 nitrogen and oxygen atoms in total. The number of amides is 2. The normalized spacial score (nSPS) is 14.0. The largest absolute Gasteiger partial charge is 0.362 e. The van der Waals surface area contributed by atoms with Crippen LogP contribution < -0.4 is 10.3 Å². The summed E-state index contributed by atoms with van der Waals surface area (Å²) in [6.07, 6.45) is 1.49. The lowest BCUT2D eigenvalue weighted by molar-refractivity contribution is -0.384. The zero-order valence-electron chi connectivity index (χ0n) is 16.3. The van der Waals surface area contributed by atoms with Gasteiger partial charge in [-0.15, -0.1) is 0 Å². The highest BCUT2D eigenvalue weighted by Gasteiger charge is 2.26. The summed E-state index contributed by atoms with van der Waals surface area (Å²) in [7, 11) is 0. The molecule has 1 aliphatic rings. The molecule has 0 aliphatic carbocycles. The van der Waals surface area contributed by atoms with Crippen LogP contribution in [0.1, 0.15) is 17.3 Å². The van der Waals surface area contributed by atoms with Crippen LogP contribution in [0.2, 0.25) is 0 Å². The van der Waals surface area contributed by atoms with Gasteiger partial charge in [0.05, 0.1) is 16.0 Å². The van der Waals surface area contributed by atoms with Gasteiger partial charge in [0.15, 0.2) is 0 Å². The molecule has 1 aliphatic heterocycles. The minimum absolute atomic E-state index is 0.0109. The van der Waals surface area contributed by atoms with Gasteiger partial charge < -0.3 is 9.80 Å². The number of rotatable bonds is 4. The van der Waals surface area contributed by atoms with Crippen molar-refractivity contribution >= 4 is 34.2 Å². The Morgan fingerprint density at radius 2 is 1.83 bits per heavy atom. The molecule has 3 aromatic rings. The van der Waals surface area contributed by atoms with Crippen molar-refractivity contribution in [2.75, 3.05) is 36.5 Å². The molecule has 0 bridgehead atoms. The van der Waals surface area contributed by atoms with E-state index in [0.29, 0.717) is 31.9 Å². The molecule has 1 saturated heterocycles. The van der Waals surface area contributed by atoms with Gasteiger partial charge in [0, 0.05) is 44.7 Å². The summed E-state index contributed by atoms with van der Waals surface area (Å²) in [6.45, 7) is 3.50. The molecule has 0 atom stereocenters. The van der Waals surface area contributed by atoms with Gasteiger partial charge in [-0.1, -0.05) is 12.1 Å². The van der Waals surface area contributed by atoms with Gasteiger partial charge in [0.25, 0.3) is 11.6 Å². The second-order valence-corrected chi connectivity index (χ2v) is 7.00. The number of carbonyl (C=O) groups is 2. The number of nitrogens with one attached hydrogen (secondary N) is 1. The van der Waals surface area contributed by atoms with Gasteiger partial charge in [-0.3, -0.25) is 25.1 Å².